The molecule has 0 unspecified atom stereocenters. The van der Waals surface area contributed by atoms with Crippen LogP contribution < -0.4 is 0 Å². The lowest BCUT2D eigenvalue weighted by Crippen LogP contribution is -2.42. The van der Waals surface area contributed by atoms with Gasteiger partial charge in [0.1, 0.15) is 5.78 Å². The highest BCUT2D eigenvalue weighted by atomic mass is 16.4. The molecule has 4 atom stereocenters. The van der Waals surface area contributed by atoms with Gasteiger partial charge in [-0.05, 0) is 56.3 Å². The Kier molecular flexibility index (Phi) is 9.09. The molecule has 2 fully saturated rings. The molecular weight excluding hydrogens is 368 g/mol. The molecule has 2 rings (SSSR count). The lowest BCUT2D eigenvalue weighted by molar-refractivity contribution is -0.137. The van der Waals surface area contributed by atoms with Gasteiger partial charge in [0.15, 0.2) is 0 Å². The number of aliphatic hydroxyl groups is 2. The maximum absolute atomic E-state index is 12.3. The molecule has 0 aliphatic heterocycles. The van der Waals surface area contributed by atoms with Crippen LogP contribution in [0.5, 0.6) is 0 Å². The van der Waals surface area contributed by atoms with Gasteiger partial charge in [0, 0.05) is 24.7 Å². The van der Waals surface area contributed by atoms with E-state index in [1.165, 1.54) is 6.42 Å². The fraction of sp³-hybridized carbons (Fsp3) is 0.750. The summed E-state index contributed by atoms with van der Waals surface area (Å²) in [6, 6.07) is 0. The van der Waals surface area contributed by atoms with Crippen molar-refractivity contribution in [2.75, 3.05) is 0 Å². The Labute approximate surface area is 174 Å². The number of rotatable bonds is 12. The first-order chi connectivity index (χ1) is 13.7. The van der Waals surface area contributed by atoms with Crippen LogP contribution in [-0.4, -0.2) is 39.3 Å². The number of unbranched alkanes of at least 4 members (excludes halogenated alkanes) is 1. The molecule has 5 heteroatoms. The zero-order valence-corrected chi connectivity index (χ0v) is 17.9. The number of carbonyl (C=O) groups excluding carboxylic acids is 1. The van der Waals surface area contributed by atoms with Crippen molar-refractivity contribution in [2.45, 2.75) is 90.3 Å². The van der Waals surface area contributed by atoms with E-state index in [1.807, 2.05) is 24.3 Å². The zero-order valence-electron chi connectivity index (χ0n) is 17.9. The zero-order chi connectivity index (χ0) is 21.4. The van der Waals surface area contributed by atoms with Crippen molar-refractivity contribution in [3.8, 4) is 0 Å². The molecule has 3 N–H and O–H groups in total. The van der Waals surface area contributed by atoms with Gasteiger partial charge in [-0.25, -0.2) is 0 Å². The van der Waals surface area contributed by atoms with Gasteiger partial charge in [0.25, 0.3) is 0 Å². The van der Waals surface area contributed by atoms with Crippen LogP contribution in [0.15, 0.2) is 24.3 Å². The van der Waals surface area contributed by atoms with Crippen molar-refractivity contribution in [3.63, 3.8) is 0 Å². The molecule has 0 aromatic heterocycles. The molecule has 2 aliphatic rings. The van der Waals surface area contributed by atoms with Crippen LogP contribution >= 0.6 is 0 Å². The summed E-state index contributed by atoms with van der Waals surface area (Å²) in [7, 11) is 0. The third-order valence-corrected chi connectivity index (χ3v) is 6.64. The molecule has 0 spiro atoms. The number of carboxylic acids is 1. The lowest BCUT2D eigenvalue weighted by Gasteiger charge is -2.46. The highest BCUT2D eigenvalue weighted by molar-refractivity contribution is 5.84. The standard InChI is InChI=1S/C24H38O5/c1-17(2)16-24(13-8-14-24)22(27)11-7-10-19-18(20(25)15-21(19)26)9-5-3-4-6-12-23(28)29/h3,5,7,10,17-19,21-22,26-27H,4,6,8-9,11-16H2,1-2H3,(H,28,29)/b5-3-,10-7+/t18-,19-,21-,22+/m1/s1. The number of carboxylic acid groups (broad SMARTS) is 1. The lowest BCUT2D eigenvalue weighted by atomic mass is 9.60. The van der Waals surface area contributed by atoms with Crippen LogP contribution in [0.4, 0.5) is 0 Å². The van der Waals surface area contributed by atoms with Crippen molar-refractivity contribution < 1.29 is 24.9 Å². The largest absolute Gasteiger partial charge is 0.481 e. The molecule has 0 heterocycles. The van der Waals surface area contributed by atoms with E-state index in [9.17, 15) is 19.8 Å². The third kappa shape index (κ3) is 6.78. The Bertz CT molecular complexity index is 602. The number of carbonyl (C=O) groups is 2. The molecule has 5 nitrogen and oxygen atoms in total. The maximum atomic E-state index is 12.3. The highest BCUT2D eigenvalue weighted by Gasteiger charge is 2.43. The molecule has 0 aromatic rings. The molecule has 2 saturated carbocycles. The number of aliphatic hydroxyl groups excluding tert-OH is 2. The predicted molar refractivity (Wildman–Crippen MR) is 113 cm³/mol. The van der Waals surface area contributed by atoms with Crippen molar-refractivity contribution in [3.05, 3.63) is 24.3 Å². The van der Waals surface area contributed by atoms with Crippen molar-refractivity contribution in [1.82, 2.24) is 0 Å². The molecule has 0 amide bonds. The van der Waals surface area contributed by atoms with E-state index in [0.29, 0.717) is 31.6 Å². The molecule has 0 saturated heterocycles. The minimum atomic E-state index is -0.794. The minimum Gasteiger partial charge on any atom is -0.481 e. The van der Waals surface area contributed by atoms with Gasteiger partial charge in [0.05, 0.1) is 12.2 Å². The van der Waals surface area contributed by atoms with Crippen LogP contribution in [0.1, 0.15) is 78.1 Å². The van der Waals surface area contributed by atoms with E-state index in [0.717, 1.165) is 19.3 Å². The Morgan fingerprint density at radius 3 is 2.55 bits per heavy atom. The van der Waals surface area contributed by atoms with Crippen LogP contribution in [0.2, 0.25) is 0 Å². The predicted octanol–water partition coefficient (Wildman–Crippen LogP) is 4.28. The molecule has 0 bridgehead atoms. The molecule has 2 aliphatic carbocycles. The van der Waals surface area contributed by atoms with E-state index in [1.54, 1.807) is 0 Å². The van der Waals surface area contributed by atoms with Gasteiger partial charge in [-0.2, -0.15) is 0 Å². The number of allylic oxidation sites excluding steroid dienone is 2. The third-order valence-electron chi connectivity index (χ3n) is 6.64. The molecule has 0 radical (unpaired) electrons. The fourth-order valence-electron chi connectivity index (χ4n) is 4.99. The summed E-state index contributed by atoms with van der Waals surface area (Å²) < 4.78 is 0. The summed E-state index contributed by atoms with van der Waals surface area (Å²) in [5.74, 6) is -0.590. The normalized spacial score (nSPS) is 27.8. The summed E-state index contributed by atoms with van der Waals surface area (Å²) in [5.41, 5.74) is 0.0424. The molecule has 164 valence electrons. The van der Waals surface area contributed by atoms with Crippen LogP contribution in [0.3, 0.4) is 0 Å². The molecule has 0 aromatic carbocycles. The number of ketones is 1. The average Bonchev–Trinajstić information content (AvgIpc) is 2.87. The summed E-state index contributed by atoms with van der Waals surface area (Å²) in [6.07, 6.45) is 13.9. The second-order valence-corrected chi connectivity index (χ2v) is 9.41. The Hall–Kier alpha value is -1.46. The summed E-state index contributed by atoms with van der Waals surface area (Å²) in [5, 5.41) is 29.7. The molecule has 29 heavy (non-hydrogen) atoms. The second kappa shape index (κ2) is 11.1. The maximum Gasteiger partial charge on any atom is 0.303 e. The quantitative estimate of drug-likeness (QED) is 0.332. The second-order valence-electron chi connectivity index (χ2n) is 9.41. The number of hydrogen-bond acceptors (Lipinski definition) is 4. The average molecular weight is 407 g/mol. The van der Waals surface area contributed by atoms with Crippen molar-refractivity contribution >= 4 is 11.8 Å². The van der Waals surface area contributed by atoms with Crippen LogP contribution in [-0.2, 0) is 9.59 Å². The van der Waals surface area contributed by atoms with Crippen LogP contribution in [0.25, 0.3) is 0 Å². The minimum absolute atomic E-state index is 0.0424. The van der Waals surface area contributed by atoms with Crippen molar-refractivity contribution in [2.24, 2.45) is 23.2 Å². The number of Topliss-reactive ketones (excluding diaryl/α,β-unsaturated/α-hetero) is 1. The van der Waals surface area contributed by atoms with Gasteiger partial charge < -0.3 is 15.3 Å². The first kappa shape index (κ1) is 23.8. The molecular formula is C24H38O5. The van der Waals surface area contributed by atoms with Gasteiger partial charge in [-0.3, -0.25) is 9.59 Å². The van der Waals surface area contributed by atoms with E-state index in [2.05, 4.69) is 13.8 Å². The van der Waals surface area contributed by atoms with E-state index in [-0.39, 0.29) is 42.0 Å². The SMILES string of the molecule is CC(C)CC1([C@@H](O)C/C=C/[C@H]2[C@H](O)CC(=O)[C@@H]2C/C=C\CCCC(=O)O)CCC1. The van der Waals surface area contributed by atoms with E-state index in [4.69, 9.17) is 5.11 Å². The first-order valence-corrected chi connectivity index (χ1v) is 11.2. The number of hydrogen-bond donors (Lipinski definition) is 3. The summed E-state index contributed by atoms with van der Waals surface area (Å²) in [6.45, 7) is 4.39. The van der Waals surface area contributed by atoms with Gasteiger partial charge >= 0.3 is 5.97 Å². The van der Waals surface area contributed by atoms with E-state index < -0.39 is 12.1 Å². The Morgan fingerprint density at radius 1 is 1.24 bits per heavy atom. The monoisotopic (exact) mass is 406 g/mol. The van der Waals surface area contributed by atoms with Gasteiger partial charge in [-0.15, -0.1) is 0 Å². The van der Waals surface area contributed by atoms with Crippen LogP contribution in [0, 0.1) is 23.2 Å². The van der Waals surface area contributed by atoms with Crippen molar-refractivity contribution in [1.29, 1.82) is 0 Å². The Morgan fingerprint density at radius 2 is 1.97 bits per heavy atom. The number of aliphatic carboxylic acids is 1. The topological polar surface area (TPSA) is 94.8 Å². The Balaban J connectivity index is 1.87. The van der Waals surface area contributed by atoms with E-state index >= 15 is 0 Å². The smallest absolute Gasteiger partial charge is 0.303 e. The first-order valence-electron chi connectivity index (χ1n) is 11.2. The van der Waals surface area contributed by atoms with Gasteiger partial charge in [-0.1, -0.05) is 44.6 Å². The highest BCUT2D eigenvalue weighted by Crippen LogP contribution is 2.49. The summed E-state index contributed by atoms with van der Waals surface area (Å²) >= 11 is 0. The summed E-state index contributed by atoms with van der Waals surface area (Å²) in [4.78, 5) is 22.8. The van der Waals surface area contributed by atoms with Gasteiger partial charge in [0.2, 0.25) is 0 Å². The fourth-order valence-corrected chi connectivity index (χ4v) is 4.99.